The minimum atomic E-state index is 0.486. The van der Waals surface area contributed by atoms with Gasteiger partial charge < -0.3 is 10.1 Å². The molecule has 1 saturated carbocycles. The average molecular weight is 275 g/mol. The second kappa shape index (κ2) is 8.43. The van der Waals surface area contributed by atoms with Gasteiger partial charge in [0.2, 0.25) is 0 Å². The zero-order chi connectivity index (χ0) is 14.2. The van der Waals surface area contributed by atoms with Crippen molar-refractivity contribution in [1.82, 2.24) is 5.32 Å². The van der Waals surface area contributed by atoms with Crippen LogP contribution < -0.4 is 5.32 Å². The maximum atomic E-state index is 6.08. The molecule has 0 radical (unpaired) electrons. The number of rotatable bonds is 6. The van der Waals surface area contributed by atoms with Crippen LogP contribution in [0.5, 0.6) is 0 Å². The third kappa shape index (κ3) is 4.92. The lowest BCUT2D eigenvalue weighted by Gasteiger charge is -2.16. The van der Waals surface area contributed by atoms with Gasteiger partial charge in [0, 0.05) is 6.54 Å². The van der Waals surface area contributed by atoms with E-state index in [1.165, 1.54) is 49.7 Å². The number of ether oxygens (including phenoxy) is 1. The molecule has 0 aromatic heterocycles. The van der Waals surface area contributed by atoms with Crippen LogP contribution in [0.2, 0.25) is 0 Å². The minimum Gasteiger partial charge on any atom is -0.374 e. The summed E-state index contributed by atoms with van der Waals surface area (Å²) in [5.41, 5.74) is 2.70. The Morgan fingerprint density at radius 2 is 1.75 bits per heavy atom. The maximum absolute atomic E-state index is 6.08. The second-order valence-corrected chi connectivity index (χ2v) is 6.12. The maximum Gasteiger partial charge on any atom is 0.0720 e. The van der Waals surface area contributed by atoms with Gasteiger partial charge in [0.15, 0.2) is 0 Å². The van der Waals surface area contributed by atoms with Gasteiger partial charge in [0.25, 0.3) is 0 Å². The van der Waals surface area contributed by atoms with Crippen molar-refractivity contribution in [3.63, 3.8) is 0 Å². The molecule has 2 nitrogen and oxygen atoms in total. The topological polar surface area (TPSA) is 21.3 Å². The van der Waals surface area contributed by atoms with E-state index in [9.17, 15) is 0 Å². The molecule has 0 saturated heterocycles. The van der Waals surface area contributed by atoms with Gasteiger partial charge in [-0.25, -0.2) is 0 Å². The van der Waals surface area contributed by atoms with Crippen molar-refractivity contribution in [2.24, 2.45) is 0 Å². The Hall–Kier alpha value is -0.860. The molecule has 0 heterocycles. The first-order valence-electron chi connectivity index (χ1n) is 8.14. The molecule has 1 aromatic carbocycles. The van der Waals surface area contributed by atoms with Crippen molar-refractivity contribution in [2.75, 3.05) is 13.6 Å². The molecule has 20 heavy (non-hydrogen) atoms. The van der Waals surface area contributed by atoms with Gasteiger partial charge in [-0.3, -0.25) is 0 Å². The van der Waals surface area contributed by atoms with Gasteiger partial charge >= 0.3 is 0 Å². The molecule has 1 unspecified atom stereocenters. The van der Waals surface area contributed by atoms with E-state index in [2.05, 4.69) is 36.5 Å². The fourth-order valence-corrected chi connectivity index (χ4v) is 2.99. The van der Waals surface area contributed by atoms with Crippen LogP contribution in [-0.4, -0.2) is 19.7 Å². The lowest BCUT2D eigenvalue weighted by molar-refractivity contribution is 0.0310. The Bertz CT molecular complexity index is 366. The monoisotopic (exact) mass is 275 g/mol. The number of nitrogens with one attached hydrogen (secondary N) is 1. The molecule has 1 aliphatic rings. The van der Waals surface area contributed by atoms with Crippen LogP contribution in [0, 0.1) is 0 Å². The van der Waals surface area contributed by atoms with E-state index >= 15 is 0 Å². The third-order valence-corrected chi connectivity index (χ3v) is 4.35. The number of hydrogen-bond donors (Lipinski definition) is 1. The van der Waals surface area contributed by atoms with E-state index in [1.807, 2.05) is 7.05 Å². The summed E-state index contributed by atoms with van der Waals surface area (Å²) in [6, 6.07) is 8.93. The van der Waals surface area contributed by atoms with Crippen LogP contribution in [0.15, 0.2) is 24.3 Å². The summed E-state index contributed by atoms with van der Waals surface area (Å²) in [7, 11) is 2.01. The zero-order valence-electron chi connectivity index (χ0n) is 13.0. The van der Waals surface area contributed by atoms with Crippen molar-refractivity contribution in [2.45, 2.75) is 64.1 Å². The van der Waals surface area contributed by atoms with Gasteiger partial charge in [0.05, 0.1) is 12.7 Å². The van der Waals surface area contributed by atoms with E-state index in [0.29, 0.717) is 12.0 Å². The van der Waals surface area contributed by atoms with Crippen LogP contribution in [-0.2, 0) is 11.3 Å². The van der Waals surface area contributed by atoms with E-state index in [0.717, 1.165) is 13.2 Å². The molecular weight excluding hydrogens is 246 g/mol. The standard InChI is InChI=1S/C18H29NO/c1-15(13-19-2)17-11-9-16(10-12-17)14-20-18-7-5-3-4-6-8-18/h9-12,15,18-19H,3-8,13-14H2,1-2H3. The van der Waals surface area contributed by atoms with Gasteiger partial charge in [-0.2, -0.15) is 0 Å². The second-order valence-electron chi connectivity index (χ2n) is 6.12. The molecular formula is C18H29NO. The smallest absolute Gasteiger partial charge is 0.0720 e. The van der Waals surface area contributed by atoms with Crippen LogP contribution in [0.4, 0.5) is 0 Å². The molecule has 0 bridgehead atoms. The molecule has 1 N–H and O–H groups in total. The summed E-state index contributed by atoms with van der Waals surface area (Å²) in [4.78, 5) is 0. The normalized spacial score (nSPS) is 18.7. The predicted octanol–water partition coefficient (Wildman–Crippen LogP) is 4.25. The fourth-order valence-electron chi connectivity index (χ4n) is 2.99. The summed E-state index contributed by atoms with van der Waals surface area (Å²) in [5, 5.41) is 3.23. The minimum absolute atomic E-state index is 0.486. The highest BCUT2D eigenvalue weighted by Gasteiger charge is 2.12. The fraction of sp³-hybridized carbons (Fsp3) is 0.667. The lowest BCUT2D eigenvalue weighted by Crippen LogP contribution is -2.14. The SMILES string of the molecule is CNCC(C)c1ccc(COC2CCCCCC2)cc1. The van der Waals surface area contributed by atoms with Crippen molar-refractivity contribution in [3.8, 4) is 0 Å². The van der Waals surface area contributed by atoms with E-state index in [-0.39, 0.29) is 0 Å². The largest absolute Gasteiger partial charge is 0.374 e. The van der Waals surface area contributed by atoms with E-state index in [1.54, 1.807) is 0 Å². The average Bonchev–Trinajstić information content (AvgIpc) is 2.74. The highest BCUT2D eigenvalue weighted by atomic mass is 16.5. The van der Waals surface area contributed by atoms with Crippen molar-refractivity contribution < 1.29 is 4.74 Å². The van der Waals surface area contributed by atoms with E-state index in [4.69, 9.17) is 4.74 Å². The highest BCUT2D eigenvalue weighted by molar-refractivity contribution is 5.24. The Kier molecular flexibility index (Phi) is 6.55. The Labute approximate surface area is 123 Å². The number of likely N-dealkylation sites (N-methyl/N-ethyl adjacent to an activating group) is 1. The zero-order valence-corrected chi connectivity index (χ0v) is 13.0. The number of benzene rings is 1. The first kappa shape index (κ1) is 15.5. The first-order chi connectivity index (χ1) is 9.79. The first-order valence-corrected chi connectivity index (χ1v) is 8.14. The lowest BCUT2D eigenvalue weighted by atomic mass is 10.00. The molecule has 0 amide bonds. The Morgan fingerprint density at radius 3 is 2.35 bits per heavy atom. The molecule has 0 spiro atoms. The molecule has 1 aliphatic carbocycles. The van der Waals surface area contributed by atoms with Crippen LogP contribution >= 0.6 is 0 Å². The van der Waals surface area contributed by atoms with Crippen LogP contribution in [0.3, 0.4) is 0 Å². The number of hydrogen-bond acceptors (Lipinski definition) is 2. The van der Waals surface area contributed by atoms with Crippen LogP contribution in [0.25, 0.3) is 0 Å². The van der Waals surface area contributed by atoms with Crippen LogP contribution in [0.1, 0.15) is 62.5 Å². The quantitative estimate of drug-likeness (QED) is 0.784. The van der Waals surface area contributed by atoms with Gasteiger partial charge in [-0.05, 0) is 36.9 Å². The summed E-state index contributed by atoms with van der Waals surface area (Å²) in [6.45, 7) is 4.05. The van der Waals surface area contributed by atoms with Gasteiger partial charge in [0.1, 0.15) is 0 Å². The Morgan fingerprint density at radius 1 is 1.10 bits per heavy atom. The van der Waals surface area contributed by atoms with Gasteiger partial charge in [-0.15, -0.1) is 0 Å². The summed E-state index contributed by atoms with van der Waals surface area (Å²) < 4.78 is 6.08. The molecule has 2 heteroatoms. The van der Waals surface area contributed by atoms with Gasteiger partial charge in [-0.1, -0.05) is 56.9 Å². The van der Waals surface area contributed by atoms with Crippen molar-refractivity contribution in [3.05, 3.63) is 35.4 Å². The van der Waals surface area contributed by atoms with Crippen molar-refractivity contribution in [1.29, 1.82) is 0 Å². The van der Waals surface area contributed by atoms with E-state index < -0.39 is 0 Å². The molecule has 112 valence electrons. The molecule has 1 atom stereocenters. The Balaban J connectivity index is 1.81. The molecule has 0 aliphatic heterocycles. The molecule has 2 rings (SSSR count). The summed E-state index contributed by atoms with van der Waals surface area (Å²) >= 11 is 0. The molecule has 1 aromatic rings. The summed E-state index contributed by atoms with van der Waals surface area (Å²) in [5.74, 6) is 0.567. The van der Waals surface area contributed by atoms with Crippen molar-refractivity contribution >= 4 is 0 Å². The third-order valence-electron chi connectivity index (χ3n) is 4.35. The molecule has 1 fully saturated rings. The predicted molar refractivity (Wildman–Crippen MR) is 85.1 cm³/mol. The summed E-state index contributed by atoms with van der Waals surface area (Å²) in [6.07, 6.45) is 8.43. The highest BCUT2D eigenvalue weighted by Crippen LogP contribution is 2.21.